The fraction of sp³-hybridized carbons (Fsp3) is 0.600. The highest BCUT2D eigenvalue weighted by atomic mass is 16.7. The maximum atomic E-state index is 5.93. The minimum absolute atomic E-state index is 0.303. The van der Waals surface area contributed by atoms with Gasteiger partial charge in [-0.3, -0.25) is 0 Å². The molecule has 0 spiro atoms. The number of hydrogen-bond acceptors (Lipinski definition) is 6. The zero-order chi connectivity index (χ0) is 14.4. The Morgan fingerprint density at radius 1 is 0.905 bits per heavy atom. The van der Waals surface area contributed by atoms with Gasteiger partial charge in [-0.1, -0.05) is 0 Å². The zero-order valence-corrected chi connectivity index (χ0v) is 12.1. The summed E-state index contributed by atoms with van der Waals surface area (Å²) < 4.78 is 34.3. The molecule has 0 bridgehead atoms. The van der Waals surface area contributed by atoms with Gasteiger partial charge in [0.15, 0.2) is 17.8 Å². The number of ether oxygens (including phenoxy) is 6. The predicted octanol–water partition coefficient (Wildman–Crippen LogP) is 1.66. The van der Waals surface area contributed by atoms with Crippen molar-refractivity contribution in [2.45, 2.75) is 32.3 Å². The molecule has 0 saturated heterocycles. The highest BCUT2D eigenvalue weighted by Crippen LogP contribution is 2.54. The van der Waals surface area contributed by atoms with Crippen LogP contribution in [-0.4, -0.2) is 39.5 Å². The van der Waals surface area contributed by atoms with E-state index in [-0.39, 0.29) is 12.6 Å². The molecule has 3 aliphatic rings. The Labute approximate surface area is 122 Å². The zero-order valence-electron chi connectivity index (χ0n) is 12.1. The number of methoxy groups -OCH3 is 1. The summed E-state index contributed by atoms with van der Waals surface area (Å²) in [5.74, 6) is 2.89. The van der Waals surface area contributed by atoms with Crippen LogP contribution in [0.1, 0.15) is 18.1 Å². The molecule has 0 fully saturated rings. The van der Waals surface area contributed by atoms with E-state index in [2.05, 4.69) is 0 Å². The Morgan fingerprint density at radius 2 is 1.71 bits per heavy atom. The molecule has 0 aliphatic carbocycles. The van der Waals surface area contributed by atoms with Gasteiger partial charge in [-0.2, -0.15) is 0 Å². The second-order valence-corrected chi connectivity index (χ2v) is 5.26. The highest BCUT2D eigenvalue weighted by molar-refractivity contribution is 5.69. The number of fused-ring (bicyclic) bond motifs is 6. The van der Waals surface area contributed by atoms with Gasteiger partial charge in [0.05, 0.1) is 13.2 Å². The molecular formula is C15H18O6. The molecule has 2 unspecified atom stereocenters. The summed E-state index contributed by atoms with van der Waals surface area (Å²) in [6.07, 6.45) is 0.841. The van der Waals surface area contributed by atoms with Gasteiger partial charge >= 0.3 is 0 Å². The number of hydrogen-bond donors (Lipinski definition) is 0. The molecule has 6 nitrogen and oxygen atoms in total. The molecule has 0 amide bonds. The summed E-state index contributed by atoms with van der Waals surface area (Å²) in [6.45, 7) is 3.47. The minimum Gasteiger partial charge on any atom is -0.492 e. The lowest BCUT2D eigenvalue weighted by molar-refractivity contribution is -0.0854. The van der Waals surface area contributed by atoms with E-state index in [1.165, 1.54) is 0 Å². The van der Waals surface area contributed by atoms with Gasteiger partial charge in [0.2, 0.25) is 12.0 Å². The Kier molecular flexibility index (Phi) is 3.08. The van der Waals surface area contributed by atoms with Crippen molar-refractivity contribution in [2.75, 3.05) is 26.9 Å². The molecule has 0 radical (unpaired) electrons. The summed E-state index contributed by atoms with van der Waals surface area (Å²) in [6, 6.07) is 0. The Morgan fingerprint density at radius 3 is 2.57 bits per heavy atom. The lowest BCUT2D eigenvalue weighted by Crippen LogP contribution is -2.24. The number of benzene rings is 1. The van der Waals surface area contributed by atoms with Crippen molar-refractivity contribution in [3.8, 4) is 23.0 Å². The van der Waals surface area contributed by atoms with Gasteiger partial charge in [-0.05, 0) is 6.92 Å². The van der Waals surface area contributed by atoms with Crippen molar-refractivity contribution in [1.82, 2.24) is 0 Å². The maximum Gasteiger partial charge on any atom is 0.204 e. The largest absolute Gasteiger partial charge is 0.492 e. The molecule has 0 N–H and O–H groups in total. The van der Waals surface area contributed by atoms with Crippen LogP contribution in [0, 0.1) is 0 Å². The van der Waals surface area contributed by atoms with Gasteiger partial charge < -0.3 is 28.4 Å². The van der Waals surface area contributed by atoms with Gasteiger partial charge in [0.25, 0.3) is 0 Å². The normalized spacial score (nSPS) is 26.2. The van der Waals surface area contributed by atoms with Crippen LogP contribution in [0.25, 0.3) is 0 Å². The van der Waals surface area contributed by atoms with Crippen molar-refractivity contribution >= 4 is 0 Å². The quantitative estimate of drug-likeness (QED) is 0.785. The van der Waals surface area contributed by atoms with E-state index in [1.807, 2.05) is 6.92 Å². The van der Waals surface area contributed by atoms with Crippen LogP contribution in [0.5, 0.6) is 23.0 Å². The first-order chi connectivity index (χ1) is 10.3. The average Bonchev–Trinajstić information content (AvgIpc) is 3.08. The van der Waals surface area contributed by atoms with E-state index in [4.69, 9.17) is 28.4 Å². The summed E-state index contributed by atoms with van der Waals surface area (Å²) in [4.78, 5) is 0. The Hall–Kier alpha value is -1.66. The van der Waals surface area contributed by atoms with Crippen molar-refractivity contribution in [1.29, 1.82) is 0 Å². The Balaban J connectivity index is 1.87. The summed E-state index contributed by atoms with van der Waals surface area (Å²) in [7, 11) is 1.63. The molecule has 2 atom stereocenters. The average molecular weight is 294 g/mol. The molecule has 3 aliphatic heterocycles. The molecule has 3 heterocycles. The number of rotatable bonds is 1. The van der Waals surface area contributed by atoms with E-state index >= 15 is 0 Å². The van der Waals surface area contributed by atoms with E-state index in [0.717, 1.165) is 23.3 Å². The SMILES string of the molecule is COC1Cc2c3c(c4c(c2O1)OCCOC(C)O4)CCO3. The molecule has 1 aromatic carbocycles. The second kappa shape index (κ2) is 4.96. The third-order valence-corrected chi connectivity index (χ3v) is 3.96. The van der Waals surface area contributed by atoms with Crippen LogP contribution in [0.3, 0.4) is 0 Å². The summed E-state index contributed by atoms with van der Waals surface area (Å²) in [5.41, 5.74) is 2.06. The third kappa shape index (κ3) is 2.01. The first kappa shape index (κ1) is 13.0. The highest BCUT2D eigenvalue weighted by Gasteiger charge is 2.38. The molecule has 6 heteroatoms. The summed E-state index contributed by atoms with van der Waals surface area (Å²) in [5, 5.41) is 0. The summed E-state index contributed by atoms with van der Waals surface area (Å²) >= 11 is 0. The van der Waals surface area contributed by atoms with Crippen molar-refractivity contribution in [3.63, 3.8) is 0 Å². The lowest BCUT2D eigenvalue weighted by atomic mass is 10.0. The van der Waals surface area contributed by atoms with Crippen LogP contribution in [0.15, 0.2) is 0 Å². The van der Waals surface area contributed by atoms with E-state index in [0.29, 0.717) is 43.5 Å². The van der Waals surface area contributed by atoms with E-state index in [9.17, 15) is 0 Å². The minimum atomic E-state index is -0.324. The maximum absolute atomic E-state index is 5.93. The lowest BCUT2D eigenvalue weighted by Gasteiger charge is -2.24. The Bertz CT molecular complexity index is 570. The first-order valence-electron chi connectivity index (χ1n) is 7.23. The molecular weight excluding hydrogens is 276 g/mol. The molecule has 0 aromatic heterocycles. The predicted molar refractivity (Wildman–Crippen MR) is 72.3 cm³/mol. The molecule has 1 aromatic rings. The van der Waals surface area contributed by atoms with Gasteiger partial charge in [0, 0.05) is 31.1 Å². The van der Waals surface area contributed by atoms with Crippen molar-refractivity contribution in [2.24, 2.45) is 0 Å². The van der Waals surface area contributed by atoms with Crippen LogP contribution in [0.2, 0.25) is 0 Å². The van der Waals surface area contributed by atoms with E-state index in [1.54, 1.807) is 7.11 Å². The van der Waals surface area contributed by atoms with Gasteiger partial charge in [-0.15, -0.1) is 0 Å². The van der Waals surface area contributed by atoms with Gasteiger partial charge in [-0.25, -0.2) is 0 Å². The van der Waals surface area contributed by atoms with Crippen LogP contribution in [0.4, 0.5) is 0 Å². The first-order valence-corrected chi connectivity index (χ1v) is 7.23. The molecule has 114 valence electrons. The fourth-order valence-electron chi connectivity index (χ4n) is 3.02. The van der Waals surface area contributed by atoms with E-state index < -0.39 is 0 Å². The van der Waals surface area contributed by atoms with Crippen molar-refractivity contribution < 1.29 is 28.4 Å². The molecule has 21 heavy (non-hydrogen) atoms. The second-order valence-electron chi connectivity index (χ2n) is 5.26. The molecule has 4 rings (SSSR count). The standard InChI is InChI=1S/C15H18O6/c1-8-17-5-6-19-15-13(20-8)9-3-4-18-12(9)10-7-11(16-2)21-14(10)15/h8,11H,3-7H2,1-2H3. The molecule has 0 saturated carbocycles. The van der Waals surface area contributed by atoms with Crippen LogP contribution < -0.4 is 18.9 Å². The van der Waals surface area contributed by atoms with Gasteiger partial charge in [0.1, 0.15) is 12.4 Å². The third-order valence-electron chi connectivity index (χ3n) is 3.96. The smallest absolute Gasteiger partial charge is 0.204 e. The van der Waals surface area contributed by atoms with Crippen LogP contribution in [-0.2, 0) is 22.3 Å². The van der Waals surface area contributed by atoms with Crippen LogP contribution >= 0.6 is 0 Å². The topological polar surface area (TPSA) is 55.4 Å². The monoisotopic (exact) mass is 294 g/mol. The van der Waals surface area contributed by atoms with Crippen molar-refractivity contribution in [3.05, 3.63) is 11.1 Å². The fourth-order valence-corrected chi connectivity index (χ4v) is 3.02.